The lowest BCUT2D eigenvalue weighted by atomic mass is 9.57. The smallest absolute Gasteiger partial charge is 0.0163 e. The molecule has 0 bridgehead atoms. The summed E-state index contributed by atoms with van der Waals surface area (Å²) in [5, 5.41) is 0. The molecule has 0 aromatic heterocycles. The van der Waals surface area contributed by atoms with Crippen molar-refractivity contribution in [2.75, 3.05) is 0 Å². The van der Waals surface area contributed by atoms with Crippen molar-refractivity contribution in [1.29, 1.82) is 0 Å². The highest BCUT2D eigenvalue weighted by Crippen LogP contribution is 2.49. The summed E-state index contributed by atoms with van der Waals surface area (Å²) in [4.78, 5) is 0. The van der Waals surface area contributed by atoms with Crippen LogP contribution in [0.1, 0.15) is 52.7 Å². The Bertz CT molecular complexity index is 1270. The first-order valence-electron chi connectivity index (χ1n) is 12.7. The largest absolute Gasteiger partial charge is 0.0701 e. The lowest BCUT2D eigenvalue weighted by Gasteiger charge is -2.46. The molecule has 4 aromatic rings. The normalized spacial score (nSPS) is 14.1. The third-order valence-corrected chi connectivity index (χ3v) is 8.30. The molecule has 0 heteroatoms. The fourth-order valence-electron chi connectivity index (χ4n) is 4.97. The molecule has 0 radical (unpaired) electrons. The summed E-state index contributed by atoms with van der Waals surface area (Å²) in [5.41, 5.74) is 8.89. The molecule has 0 saturated carbocycles. The molecule has 4 aromatic carbocycles. The standard InChI is InChI=1S/C35H38/c1-26(2)34(4,5)35(6,25-27(3)28-14-9-7-10-15-28)33-19-13-18-32(24-33)31-22-20-30(21-23-31)29-16-11-8-12-17-29/h7-26H,1-6H3/b27-25+. The van der Waals surface area contributed by atoms with Crippen molar-refractivity contribution in [2.45, 2.75) is 47.0 Å². The van der Waals surface area contributed by atoms with Gasteiger partial charge in [0.2, 0.25) is 0 Å². The first kappa shape index (κ1) is 24.7. The van der Waals surface area contributed by atoms with Gasteiger partial charge >= 0.3 is 0 Å². The Hall–Kier alpha value is -3.38. The molecule has 0 nitrogen and oxygen atoms in total. The summed E-state index contributed by atoms with van der Waals surface area (Å²) in [6, 6.07) is 39.4. The van der Waals surface area contributed by atoms with Crippen molar-refractivity contribution in [3.8, 4) is 22.3 Å². The molecule has 0 aliphatic carbocycles. The lowest BCUT2D eigenvalue weighted by molar-refractivity contribution is 0.149. The van der Waals surface area contributed by atoms with Crippen LogP contribution in [0, 0.1) is 11.3 Å². The third kappa shape index (κ3) is 5.03. The summed E-state index contributed by atoms with van der Waals surface area (Å²) in [6.45, 7) is 14.2. The van der Waals surface area contributed by atoms with Gasteiger partial charge in [-0.2, -0.15) is 0 Å². The van der Waals surface area contributed by atoms with Crippen LogP contribution in [0.15, 0.2) is 115 Å². The third-order valence-electron chi connectivity index (χ3n) is 8.30. The second kappa shape index (κ2) is 10.1. The van der Waals surface area contributed by atoms with Gasteiger partial charge in [0.05, 0.1) is 0 Å². The van der Waals surface area contributed by atoms with Crippen molar-refractivity contribution in [1.82, 2.24) is 0 Å². The van der Waals surface area contributed by atoms with Crippen molar-refractivity contribution < 1.29 is 0 Å². The van der Waals surface area contributed by atoms with Gasteiger partial charge in [-0.3, -0.25) is 0 Å². The van der Waals surface area contributed by atoms with Gasteiger partial charge in [-0.15, -0.1) is 0 Å². The van der Waals surface area contributed by atoms with E-state index < -0.39 is 0 Å². The van der Waals surface area contributed by atoms with Gasteiger partial charge in [-0.05, 0) is 57.2 Å². The predicted octanol–water partition coefficient (Wildman–Crippen LogP) is 10.1. The van der Waals surface area contributed by atoms with Crippen molar-refractivity contribution in [3.63, 3.8) is 0 Å². The Labute approximate surface area is 212 Å². The van der Waals surface area contributed by atoms with Crippen molar-refractivity contribution in [3.05, 3.63) is 126 Å². The first-order chi connectivity index (χ1) is 16.7. The van der Waals surface area contributed by atoms with Crippen LogP contribution in [0.25, 0.3) is 27.8 Å². The Morgan fingerprint density at radius 1 is 0.600 bits per heavy atom. The summed E-state index contributed by atoms with van der Waals surface area (Å²) in [6.07, 6.45) is 2.50. The maximum Gasteiger partial charge on any atom is 0.0163 e. The zero-order valence-electron chi connectivity index (χ0n) is 22.0. The average Bonchev–Trinajstić information content (AvgIpc) is 2.89. The van der Waals surface area contributed by atoms with Crippen LogP contribution in [0.5, 0.6) is 0 Å². The summed E-state index contributed by atoms with van der Waals surface area (Å²) in [5.74, 6) is 0.515. The van der Waals surface area contributed by atoms with Crippen molar-refractivity contribution in [2.24, 2.45) is 11.3 Å². The average molecular weight is 459 g/mol. The molecule has 4 rings (SSSR count). The number of allylic oxidation sites excluding steroid dienone is 2. The van der Waals surface area contributed by atoms with Gasteiger partial charge < -0.3 is 0 Å². The van der Waals surface area contributed by atoms with Crippen LogP contribution < -0.4 is 0 Å². The quantitative estimate of drug-likeness (QED) is 0.258. The minimum absolute atomic E-state index is 0.0544. The molecule has 0 spiro atoms. The highest BCUT2D eigenvalue weighted by atomic mass is 14.5. The van der Waals surface area contributed by atoms with E-state index in [9.17, 15) is 0 Å². The second-order valence-electron chi connectivity index (χ2n) is 10.8. The monoisotopic (exact) mass is 458 g/mol. The summed E-state index contributed by atoms with van der Waals surface area (Å²) >= 11 is 0. The van der Waals surface area contributed by atoms with Gasteiger partial charge in [-0.25, -0.2) is 0 Å². The molecular weight excluding hydrogens is 420 g/mol. The van der Waals surface area contributed by atoms with E-state index in [-0.39, 0.29) is 10.8 Å². The van der Waals surface area contributed by atoms with E-state index >= 15 is 0 Å². The van der Waals surface area contributed by atoms with Gasteiger partial charge in [0.25, 0.3) is 0 Å². The molecule has 0 N–H and O–H groups in total. The maximum atomic E-state index is 2.50. The molecule has 178 valence electrons. The van der Waals surface area contributed by atoms with E-state index in [4.69, 9.17) is 0 Å². The van der Waals surface area contributed by atoms with Crippen LogP contribution in [-0.4, -0.2) is 0 Å². The fraction of sp³-hybridized carbons (Fsp3) is 0.257. The zero-order chi connectivity index (χ0) is 25.1. The Morgan fingerprint density at radius 2 is 1.09 bits per heavy atom. The predicted molar refractivity (Wildman–Crippen MR) is 153 cm³/mol. The number of hydrogen-bond donors (Lipinski definition) is 0. The van der Waals surface area contributed by atoms with Gasteiger partial charge in [0.15, 0.2) is 0 Å². The Morgan fingerprint density at radius 3 is 1.66 bits per heavy atom. The van der Waals surface area contributed by atoms with Crippen LogP contribution in [0.2, 0.25) is 0 Å². The molecule has 0 saturated heterocycles. The summed E-state index contributed by atoms with van der Waals surface area (Å²) < 4.78 is 0. The Balaban J connectivity index is 1.77. The fourth-order valence-corrected chi connectivity index (χ4v) is 4.97. The molecule has 35 heavy (non-hydrogen) atoms. The van der Waals surface area contributed by atoms with Crippen LogP contribution in [0.3, 0.4) is 0 Å². The molecule has 0 aliphatic rings. The van der Waals surface area contributed by atoms with Gasteiger partial charge in [0.1, 0.15) is 0 Å². The SMILES string of the molecule is C/C(=C\C(C)(c1cccc(-c2ccc(-c3ccccc3)cc2)c1)C(C)(C)C(C)C)c1ccccc1. The molecule has 0 fully saturated rings. The maximum absolute atomic E-state index is 2.50. The van der Waals surface area contributed by atoms with E-state index in [0.717, 1.165) is 0 Å². The minimum atomic E-state index is -0.138. The van der Waals surface area contributed by atoms with E-state index in [1.165, 1.54) is 39.0 Å². The highest BCUT2D eigenvalue weighted by Gasteiger charge is 2.43. The molecule has 1 atom stereocenters. The van der Waals surface area contributed by atoms with E-state index in [1.807, 2.05) is 0 Å². The lowest BCUT2D eigenvalue weighted by Crippen LogP contribution is -2.41. The van der Waals surface area contributed by atoms with E-state index in [0.29, 0.717) is 5.92 Å². The van der Waals surface area contributed by atoms with E-state index in [2.05, 4.69) is 157 Å². The first-order valence-corrected chi connectivity index (χ1v) is 12.7. The van der Waals surface area contributed by atoms with Gasteiger partial charge in [0, 0.05) is 5.41 Å². The van der Waals surface area contributed by atoms with Crippen LogP contribution in [0.4, 0.5) is 0 Å². The van der Waals surface area contributed by atoms with Crippen molar-refractivity contribution >= 4 is 5.57 Å². The van der Waals surface area contributed by atoms with E-state index in [1.54, 1.807) is 0 Å². The molecule has 0 amide bonds. The summed E-state index contributed by atoms with van der Waals surface area (Å²) in [7, 11) is 0. The molecular formula is C35H38. The number of benzene rings is 4. The van der Waals surface area contributed by atoms with Gasteiger partial charge in [-0.1, -0.05) is 150 Å². The minimum Gasteiger partial charge on any atom is -0.0701 e. The zero-order valence-corrected chi connectivity index (χ0v) is 22.0. The van der Waals surface area contributed by atoms with Crippen LogP contribution in [-0.2, 0) is 5.41 Å². The molecule has 1 unspecified atom stereocenters. The highest BCUT2D eigenvalue weighted by molar-refractivity contribution is 5.72. The van der Waals surface area contributed by atoms with Crippen LogP contribution >= 0.6 is 0 Å². The topological polar surface area (TPSA) is 0 Å². The Kier molecular flexibility index (Phi) is 7.13. The second-order valence-corrected chi connectivity index (χ2v) is 10.8. The number of rotatable bonds is 7. The molecule has 0 aliphatic heterocycles. The molecule has 0 heterocycles. The number of hydrogen-bond acceptors (Lipinski definition) is 0.